The van der Waals surface area contributed by atoms with Gasteiger partial charge in [-0.2, -0.15) is 0 Å². The number of nitrogens with zero attached hydrogens (tertiary/aromatic N) is 1. The van der Waals surface area contributed by atoms with E-state index in [1.54, 1.807) is 0 Å². The van der Waals surface area contributed by atoms with Crippen molar-refractivity contribution in [3.05, 3.63) is 28.3 Å². The van der Waals surface area contributed by atoms with Gasteiger partial charge in [0.15, 0.2) is 15.6 Å². The van der Waals surface area contributed by atoms with E-state index in [0.717, 1.165) is 6.26 Å². The predicted octanol–water partition coefficient (Wildman–Crippen LogP) is 1.01. The van der Waals surface area contributed by atoms with Crippen molar-refractivity contribution in [2.24, 2.45) is 0 Å². The van der Waals surface area contributed by atoms with Crippen LogP contribution < -0.4 is 4.74 Å². The smallest absolute Gasteiger partial charge is 0.329 e. The second-order valence-electron chi connectivity index (χ2n) is 2.84. The molecule has 1 aromatic carbocycles. The van der Waals surface area contributed by atoms with Crippen molar-refractivity contribution in [3.63, 3.8) is 0 Å². The number of para-hydroxylation sites is 1. The number of benzene rings is 1. The summed E-state index contributed by atoms with van der Waals surface area (Å²) in [6.07, 6.45) is 0.911. The molecule has 0 aliphatic rings. The zero-order chi connectivity index (χ0) is 11.6. The number of hydrogen-bond acceptors (Lipinski definition) is 5. The SMILES string of the molecule is COc1cccc(S(C)(=O)=O)c1[N+](=O)[O-]. The summed E-state index contributed by atoms with van der Waals surface area (Å²) >= 11 is 0. The van der Waals surface area contributed by atoms with Gasteiger partial charge in [-0.25, -0.2) is 8.42 Å². The average Bonchev–Trinajstić information content (AvgIpc) is 2.15. The summed E-state index contributed by atoms with van der Waals surface area (Å²) < 4.78 is 27.3. The summed E-state index contributed by atoms with van der Waals surface area (Å²) in [7, 11) is -2.39. The van der Waals surface area contributed by atoms with E-state index in [-0.39, 0.29) is 10.6 Å². The summed E-state index contributed by atoms with van der Waals surface area (Å²) in [5, 5.41) is 10.7. The molecule has 0 spiro atoms. The minimum absolute atomic E-state index is 0.0667. The lowest BCUT2D eigenvalue weighted by Gasteiger charge is -2.04. The fourth-order valence-electron chi connectivity index (χ4n) is 1.15. The molecule has 0 fully saturated rings. The molecule has 1 rings (SSSR count). The maximum Gasteiger partial charge on any atom is 0.329 e. The quantitative estimate of drug-likeness (QED) is 0.572. The molecule has 0 N–H and O–H groups in total. The van der Waals surface area contributed by atoms with Crippen molar-refractivity contribution < 1.29 is 18.1 Å². The molecule has 0 amide bonds. The van der Waals surface area contributed by atoms with Crippen molar-refractivity contribution in [3.8, 4) is 5.75 Å². The molecule has 0 aliphatic carbocycles. The molecule has 0 aliphatic heterocycles. The first-order chi connectivity index (χ1) is 6.88. The van der Waals surface area contributed by atoms with Gasteiger partial charge in [0.25, 0.3) is 0 Å². The van der Waals surface area contributed by atoms with Crippen LogP contribution in [0.25, 0.3) is 0 Å². The van der Waals surface area contributed by atoms with E-state index in [1.165, 1.54) is 25.3 Å². The van der Waals surface area contributed by atoms with Crippen LogP contribution >= 0.6 is 0 Å². The zero-order valence-corrected chi connectivity index (χ0v) is 8.95. The molecule has 0 unspecified atom stereocenters. The molecule has 7 heteroatoms. The van der Waals surface area contributed by atoms with Gasteiger partial charge in [-0.3, -0.25) is 10.1 Å². The summed E-state index contributed by atoms with van der Waals surface area (Å²) in [5.41, 5.74) is -0.525. The Hall–Kier alpha value is -1.63. The van der Waals surface area contributed by atoms with Crippen LogP contribution in [0.1, 0.15) is 0 Å². The monoisotopic (exact) mass is 231 g/mol. The Morgan fingerprint density at radius 2 is 2.00 bits per heavy atom. The molecule has 0 aromatic heterocycles. The maximum absolute atomic E-state index is 11.3. The second-order valence-corrected chi connectivity index (χ2v) is 4.82. The maximum atomic E-state index is 11.3. The van der Waals surface area contributed by atoms with E-state index >= 15 is 0 Å². The Balaban J connectivity index is 3.60. The van der Waals surface area contributed by atoms with Crippen LogP contribution in [-0.2, 0) is 9.84 Å². The lowest BCUT2D eigenvalue weighted by atomic mass is 10.3. The third-order valence-electron chi connectivity index (χ3n) is 1.76. The molecular weight excluding hydrogens is 222 g/mol. The van der Waals surface area contributed by atoms with Crippen LogP contribution in [0.4, 0.5) is 5.69 Å². The molecule has 0 saturated carbocycles. The number of hydrogen-bond donors (Lipinski definition) is 0. The highest BCUT2D eigenvalue weighted by atomic mass is 32.2. The second kappa shape index (κ2) is 3.85. The first-order valence-electron chi connectivity index (χ1n) is 3.89. The molecule has 0 saturated heterocycles. The number of sulfone groups is 1. The Kier molecular flexibility index (Phi) is 2.94. The molecule has 0 bridgehead atoms. The minimum atomic E-state index is -3.63. The van der Waals surface area contributed by atoms with Crippen molar-refractivity contribution in [2.75, 3.05) is 13.4 Å². The summed E-state index contributed by atoms with van der Waals surface area (Å²) in [6.45, 7) is 0. The van der Waals surface area contributed by atoms with E-state index in [0.29, 0.717) is 0 Å². The van der Waals surface area contributed by atoms with Crippen LogP contribution in [0.2, 0.25) is 0 Å². The normalized spacial score (nSPS) is 11.1. The zero-order valence-electron chi connectivity index (χ0n) is 8.13. The van der Waals surface area contributed by atoms with Crippen molar-refractivity contribution in [1.29, 1.82) is 0 Å². The Morgan fingerprint density at radius 1 is 1.40 bits per heavy atom. The molecule has 82 valence electrons. The van der Waals surface area contributed by atoms with E-state index in [9.17, 15) is 18.5 Å². The molecule has 0 radical (unpaired) electrons. The molecule has 6 nitrogen and oxygen atoms in total. The number of nitro benzene ring substituents is 1. The highest BCUT2D eigenvalue weighted by Crippen LogP contribution is 2.33. The fourth-order valence-corrected chi connectivity index (χ4v) is 2.00. The van der Waals surface area contributed by atoms with E-state index in [2.05, 4.69) is 0 Å². The van der Waals surface area contributed by atoms with Gasteiger partial charge in [-0.05, 0) is 12.1 Å². The van der Waals surface area contributed by atoms with E-state index in [4.69, 9.17) is 4.74 Å². The molecule has 1 aromatic rings. The largest absolute Gasteiger partial charge is 0.490 e. The summed E-state index contributed by atoms with van der Waals surface area (Å²) in [4.78, 5) is 9.60. The van der Waals surface area contributed by atoms with Gasteiger partial charge >= 0.3 is 5.69 Å². The highest BCUT2D eigenvalue weighted by Gasteiger charge is 2.26. The fraction of sp³-hybridized carbons (Fsp3) is 0.250. The molecule has 0 heterocycles. The topological polar surface area (TPSA) is 86.5 Å². The van der Waals surface area contributed by atoms with Gasteiger partial charge in [-0.15, -0.1) is 0 Å². The summed E-state index contributed by atoms with van der Waals surface area (Å²) in [6, 6.07) is 3.91. The molecule has 15 heavy (non-hydrogen) atoms. The van der Waals surface area contributed by atoms with Crippen molar-refractivity contribution >= 4 is 15.5 Å². The third-order valence-corrected chi connectivity index (χ3v) is 2.89. The van der Waals surface area contributed by atoms with Gasteiger partial charge in [0.1, 0.15) is 4.90 Å². The van der Waals surface area contributed by atoms with Crippen LogP contribution in [0.15, 0.2) is 23.1 Å². The van der Waals surface area contributed by atoms with Gasteiger partial charge in [0.2, 0.25) is 0 Å². The van der Waals surface area contributed by atoms with Crippen LogP contribution in [0.3, 0.4) is 0 Å². The van der Waals surface area contributed by atoms with Crippen LogP contribution in [0.5, 0.6) is 5.75 Å². The average molecular weight is 231 g/mol. The first-order valence-corrected chi connectivity index (χ1v) is 5.78. The number of methoxy groups -OCH3 is 1. The lowest BCUT2D eigenvalue weighted by Crippen LogP contribution is -2.04. The van der Waals surface area contributed by atoms with Gasteiger partial charge in [-0.1, -0.05) is 6.07 Å². The minimum Gasteiger partial charge on any atom is -0.490 e. The third kappa shape index (κ3) is 2.24. The first kappa shape index (κ1) is 11.4. The Labute approximate surface area is 86.6 Å². The van der Waals surface area contributed by atoms with Gasteiger partial charge in [0.05, 0.1) is 12.0 Å². The number of ether oxygens (including phenoxy) is 1. The Morgan fingerprint density at radius 3 is 2.40 bits per heavy atom. The number of rotatable bonds is 3. The predicted molar refractivity (Wildman–Crippen MR) is 52.8 cm³/mol. The van der Waals surface area contributed by atoms with Crippen LogP contribution in [0, 0.1) is 10.1 Å². The van der Waals surface area contributed by atoms with Crippen LogP contribution in [-0.4, -0.2) is 26.7 Å². The molecular formula is C8H9NO5S. The van der Waals surface area contributed by atoms with Gasteiger partial charge < -0.3 is 4.74 Å². The lowest BCUT2D eigenvalue weighted by molar-refractivity contribution is -0.388. The molecule has 0 atom stereocenters. The van der Waals surface area contributed by atoms with Crippen molar-refractivity contribution in [1.82, 2.24) is 0 Å². The number of nitro groups is 1. The Bertz CT molecular complexity index is 494. The van der Waals surface area contributed by atoms with E-state index in [1.807, 2.05) is 0 Å². The standard InChI is InChI=1S/C8H9NO5S/c1-14-6-4-3-5-7(15(2,12)13)8(6)9(10)11/h3-5H,1-2H3. The summed E-state index contributed by atoms with van der Waals surface area (Å²) in [5.74, 6) is -0.0667. The van der Waals surface area contributed by atoms with E-state index < -0.39 is 20.4 Å². The van der Waals surface area contributed by atoms with Gasteiger partial charge in [0, 0.05) is 6.26 Å². The van der Waals surface area contributed by atoms with Crippen molar-refractivity contribution in [2.45, 2.75) is 4.90 Å². The highest BCUT2D eigenvalue weighted by molar-refractivity contribution is 7.90.